The number of aromatic nitrogens is 6. The van der Waals surface area contributed by atoms with E-state index in [2.05, 4.69) is 37.9 Å². The van der Waals surface area contributed by atoms with E-state index < -0.39 is 35.9 Å². The molecule has 5 rings (SSSR count). The van der Waals surface area contributed by atoms with Crippen LogP contribution in [-0.4, -0.2) is 77.6 Å². The first-order valence-corrected chi connectivity index (χ1v) is 12.5. The normalized spacial score (nSPS) is 26.2. The lowest BCUT2D eigenvalue weighted by molar-refractivity contribution is -0.213. The summed E-state index contributed by atoms with van der Waals surface area (Å²) in [7, 11) is 1.47. The summed E-state index contributed by atoms with van der Waals surface area (Å²) in [5.41, 5.74) is 6.04. The predicted octanol–water partition coefficient (Wildman–Crippen LogP) is 1.86. The Labute approximate surface area is 220 Å². The van der Waals surface area contributed by atoms with Gasteiger partial charge in [-0.25, -0.2) is 9.67 Å². The lowest BCUT2D eigenvalue weighted by Gasteiger charge is -2.51. The molecule has 4 N–H and O–H groups in total. The number of methoxy groups -OCH3 is 1. The number of hydrogen-bond donors (Lipinski definition) is 4. The van der Waals surface area contributed by atoms with Crippen LogP contribution in [0, 0.1) is 0 Å². The van der Waals surface area contributed by atoms with E-state index >= 15 is 0 Å². The first-order valence-electron chi connectivity index (χ1n) is 10.8. The molecule has 4 aromatic heterocycles. The number of nitrogen functional groups attached to an aromatic ring is 1. The Morgan fingerprint density at radius 2 is 2.11 bits per heavy atom. The number of thiazole rings is 1. The summed E-state index contributed by atoms with van der Waals surface area (Å²) in [5, 5.41) is 33.1. The maximum Gasteiger partial charge on any atom is 0.180 e. The Hall–Kier alpha value is -2.65. The molecule has 0 saturated carbocycles. The van der Waals surface area contributed by atoms with Gasteiger partial charge in [0.25, 0.3) is 0 Å². The van der Waals surface area contributed by atoms with E-state index in [0.717, 1.165) is 0 Å². The Morgan fingerprint density at radius 3 is 2.78 bits per heavy atom. The summed E-state index contributed by atoms with van der Waals surface area (Å²) in [6.45, 7) is -0.487. The summed E-state index contributed by atoms with van der Waals surface area (Å²) in [6.07, 6.45) is 3.06. The predicted molar refractivity (Wildman–Crippen MR) is 137 cm³/mol. The molecule has 11 nitrogen and oxygen atoms in total. The van der Waals surface area contributed by atoms with Crippen molar-refractivity contribution in [2.75, 3.05) is 19.5 Å². The Balaban J connectivity index is 1.83. The van der Waals surface area contributed by atoms with E-state index in [0.29, 0.717) is 38.4 Å². The van der Waals surface area contributed by atoms with Gasteiger partial charge in [0.1, 0.15) is 40.7 Å². The number of nitrogens with two attached hydrogens (primary N) is 1. The molecule has 0 aliphatic carbocycles. The second kappa shape index (κ2) is 10.0. The fraction of sp³-hybridized carbons (Fsp3) is 0.318. The number of rotatable bonds is 6. The maximum absolute atomic E-state index is 11.8. The number of aliphatic hydroxyl groups excluding tert-OH is 2. The van der Waals surface area contributed by atoms with Crippen molar-refractivity contribution >= 4 is 40.7 Å². The van der Waals surface area contributed by atoms with Gasteiger partial charge >= 0.3 is 0 Å². The van der Waals surface area contributed by atoms with E-state index in [-0.39, 0.29) is 0 Å². The largest absolute Gasteiger partial charge is 0.394 e. The number of thiol groups is 1. The van der Waals surface area contributed by atoms with Gasteiger partial charge in [-0.15, -0.1) is 29.1 Å². The van der Waals surface area contributed by atoms with Crippen LogP contribution in [0.1, 0.15) is 5.56 Å². The van der Waals surface area contributed by atoms with Crippen molar-refractivity contribution in [3.63, 3.8) is 0 Å². The van der Waals surface area contributed by atoms with Gasteiger partial charge in [-0.05, 0) is 18.2 Å². The second-order valence-corrected chi connectivity index (χ2v) is 9.91. The average molecular weight is 548 g/mol. The highest BCUT2D eigenvalue weighted by molar-refractivity contribution is 7.80. The van der Waals surface area contributed by atoms with Gasteiger partial charge in [0.2, 0.25) is 0 Å². The number of nitrogens with zero attached hydrogens (tertiary/aromatic N) is 6. The summed E-state index contributed by atoms with van der Waals surface area (Å²) < 4.78 is 13.2. The van der Waals surface area contributed by atoms with Gasteiger partial charge in [-0.3, -0.25) is 9.97 Å². The SMILES string of the molecule is CO[C@@H]1[C@H](S)O[C@@H](CO)[C@@H](O)[C@@]1(c1cc(Cl)cnc1-c1ccncc1)n1cc(-c2csc(N)n2)nn1. The van der Waals surface area contributed by atoms with Crippen LogP contribution in [0.5, 0.6) is 0 Å². The molecular weight excluding hydrogens is 526 g/mol. The van der Waals surface area contributed by atoms with Gasteiger partial charge < -0.3 is 25.4 Å². The number of hydrogen-bond acceptors (Lipinski definition) is 12. The first-order chi connectivity index (χ1) is 17.4. The lowest BCUT2D eigenvalue weighted by atomic mass is 9.74. The number of aliphatic hydroxyl groups is 2. The van der Waals surface area contributed by atoms with Crippen molar-refractivity contribution in [2.45, 2.75) is 29.3 Å². The van der Waals surface area contributed by atoms with Crippen LogP contribution in [0.15, 0.2) is 48.4 Å². The zero-order chi connectivity index (χ0) is 25.4. The molecule has 0 bridgehead atoms. The molecule has 0 radical (unpaired) electrons. The smallest absolute Gasteiger partial charge is 0.180 e. The molecule has 5 heterocycles. The highest BCUT2D eigenvalue weighted by Gasteiger charge is 2.60. The van der Waals surface area contributed by atoms with E-state index in [1.54, 1.807) is 42.2 Å². The summed E-state index contributed by atoms with van der Waals surface area (Å²) in [6, 6.07) is 5.25. The van der Waals surface area contributed by atoms with E-state index in [4.69, 9.17) is 26.8 Å². The van der Waals surface area contributed by atoms with Gasteiger partial charge in [0, 0.05) is 42.2 Å². The minimum atomic E-state index is -1.53. The van der Waals surface area contributed by atoms with Crippen LogP contribution in [-0.2, 0) is 15.0 Å². The highest BCUT2D eigenvalue weighted by Crippen LogP contribution is 2.47. The molecule has 0 unspecified atom stereocenters. The fourth-order valence-corrected chi connectivity index (χ4v) is 5.81. The Morgan fingerprint density at radius 1 is 1.33 bits per heavy atom. The summed E-state index contributed by atoms with van der Waals surface area (Å²) >= 11 is 12.3. The topological polar surface area (TPSA) is 154 Å². The van der Waals surface area contributed by atoms with Gasteiger partial charge in [-0.2, -0.15) is 0 Å². The third kappa shape index (κ3) is 4.06. The first kappa shape index (κ1) is 25.0. The van der Waals surface area contributed by atoms with Crippen LogP contribution in [0.2, 0.25) is 5.02 Å². The van der Waals surface area contributed by atoms with Crippen molar-refractivity contribution in [2.24, 2.45) is 0 Å². The number of anilines is 1. The molecule has 0 amide bonds. The molecule has 1 fully saturated rings. The van der Waals surface area contributed by atoms with Gasteiger partial charge in [0.05, 0.1) is 23.5 Å². The molecule has 14 heteroatoms. The standard InChI is InChI=1S/C22H22ClN7O4S2/c1-33-19-20(35)34-16(9-31)18(32)22(19,30-8-14(28-29-30)15-10-36-21(24)27-15)13-6-12(23)7-26-17(13)11-2-4-25-5-3-11/h2-8,10,16,18-20,31-32,35H,9H2,1H3,(H2,24,27)/t16-,18+,19+,20-,22+/m0/s1. The zero-order valence-electron chi connectivity index (χ0n) is 18.8. The summed E-state index contributed by atoms with van der Waals surface area (Å²) in [5.74, 6) is 0. The highest BCUT2D eigenvalue weighted by atomic mass is 35.5. The van der Waals surface area contributed by atoms with Crippen LogP contribution >= 0.6 is 35.6 Å². The lowest BCUT2D eigenvalue weighted by Crippen LogP contribution is -2.68. The molecule has 1 saturated heterocycles. The number of pyridine rings is 2. The van der Waals surface area contributed by atoms with Gasteiger partial charge in [0.15, 0.2) is 5.13 Å². The van der Waals surface area contributed by atoms with Crippen LogP contribution < -0.4 is 5.73 Å². The number of ether oxygens (including phenoxy) is 2. The van der Waals surface area contributed by atoms with Crippen LogP contribution in [0.25, 0.3) is 22.6 Å². The van der Waals surface area contributed by atoms with E-state index in [1.807, 2.05) is 0 Å². The van der Waals surface area contributed by atoms with E-state index in [9.17, 15) is 10.2 Å². The van der Waals surface area contributed by atoms with Crippen molar-refractivity contribution in [1.29, 1.82) is 0 Å². The summed E-state index contributed by atoms with van der Waals surface area (Å²) in [4.78, 5) is 13.0. The van der Waals surface area contributed by atoms with Crippen molar-refractivity contribution in [3.05, 3.63) is 59.0 Å². The molecule has 1 aliphatic heterocycles. The minimum Gasteiger partial charge on any atom is -0.394 e. The van der Waals surface area contributed by atoms with Crippen molar-refractivity contribution in [1.82, 2.24) is 29.9 Å². The molecule has 4 aromatic rings. The van der Waals surface area contributed by atoms with Crippen molar-refractivity contribution < 1.29 is 19.7 Å². The minimum absolute atomic E-state index is 0.319. The fourth-order valence-electron chi connectivity index (χ4n) is 4.59. The van der Waals surface area contributed by atoms with Crippen molar-refractivity contribution in [3.8, 4) is 22.6 Å². The average Bonchev–Trinajstić information content (AvgIpc) is 3.55. The molecule has 5 atom stereocenters. The third-order valence-electron chi connectivity index (χ3n) is 6.14. The molecule has 0 aromatic carbocycles. The van der Waals surface area contributed by atoms with Crippen LogP contribution in [0.3, 0.4) is 0 Å². The maximum atomic E-state index is 11.8. The molecular formula is C22H22ClN7O4S2. The Bertz CT molecular complexity index is 1360. The molecule has 188 valence electrons. The quantitative estimate of drug-likeness (QED) is 0.263. The molecule has 0 spiro atoms. The second-order valence-electron chi connectivity index (χ2n) is 8.08. The van der Waals surface area contributed by atoms with Gasteiger partial charge in [-0.1, -0.05) is 16.8 Å². The Kier molecular flexibility index (Phi) is 6.96. The molecule has 1 aliphatic rings. The third-order valence-corrected chi connectivity index (χ3v) is 7.41. The monoisotopic (exact) mass is 547 g/mol. The molecule has 36 heavy (non-hydrogen) atoms. The van der Waals surface area contributed by atoms with E-state index in [1.165, 1.54) is 29.3 Å². The zero-order valence-corrected chi connectivity index (χ0v) is 21.3. The number of halogens is 1. The van der Waals surface area contributed by atoms with Crippen LogP contribution in [0.4, 0.5) is 5.13 Å².